The van der Waals surface area contributed by atoms with Gasteiger partial charge in [-0.3, -0.25) is 0 Å². The molecule has 0 heterocycles. The summed E-state index contributed by atoms with van der Waals surface area (Å²) in [5, 5.41) is 4.97. The van der Waals surface area contributed by atoms with E-state index in [9.17, 15) is 17.6 Å². The second-order valence-corrected chi connectivity index (χ2v) is 6.95. The zero-order valence-electron chi connectivity index (χ0n) is 13.8. The number of carbonyl (C=O) groups is 1. The lowest BCUT2D eigenvalue weighted by molar-refractivity contribution is 0.0444. The molecule has 2 N–H and O–H groups in total. The molecule has 0 fully saturated rings. The lowest BCUT2D eigenvalue weighted by Gasteiger charge is -2.12. The number of rotatable bonds is 6. The molecule has 0 unspecified atom stereocenters. The first-order chi connectivity index (χ1) is 11.7. The van der Waals surface area contributed by atoms with Crippen molar-refractivity contribution in [1.29, 1.82) is 0 Å². The monoisotopic (exact) mass is 367 g/mol. The predicted molar refractivity (Wildman–Crippen MR) is 89.5 cm³/mol. The van der Waals surface area contributed by atoms with E-state index in [2.05, 4.69) is 0 Å². The Morgan fingerprint density at radius 2 is 1.76 bits per heavy atom. The highest BCUT2D eigenvalue weighted by Gasteiger charge is 2.18. The van der Waals surface area contributed by atoms with Crippen molar-refractivity contribution in [3.63, 3.8) is 0 Å². The molecule has 0 bridgehead atoms. The third-order valence-corrected chi connectivity index (χ3v) is 4.37. The second kappa shape index (κ2) is 7.62. The zero-order chi connectivity index (χ0) is 18.6. The molecule has 0 amide bonds. The van der Waals surface area contributed by atoms with E-state index in [1.807, 2.05) is 32.0 Å². The number of aryl methyl sites for hydroxylation is 2. The standard InChI is InChI=1S/C17H18FNO5S/c1-11-4-3-5-12(2)16(11)23-8-9-24-17(20)14-10-13(25(19,21)22)6-7-15(14)18/h3-7,10H,8-9H2,1-2H3,(H2,19,21,22). The summed E-state index contributed by atoms with van der Waals surface area (Å²) in [7, 11) is -4.05. The number of hydrogen-bond acceptors (Lipinski definition) is 5. The van der Waals surface area contributed by atoms with Gasteiger partial charge in [-0.05, 0) is 43.2 Å². The first-order valence-electron chi connectivity index (χ1n) is 7.38. The molecule has 2 rings (SSSR count). The van der Waals surface area contributed by atoms with Gasteiger partial charge in [0.05, 0.1) is 10.5 Å². The van der Waals surface area contributed by atoms with Crippen molar-refractivity contribution < 1.29 is 27.1 Å². The lowest BCUT2D eigenvalue weighted by Crippen LogP contribution is -2.16. The van der Waals surface area contributed by atoms with E-state index in [0.29, 0.717) is 5.75 Å². The largest absolute Gasteiger partial charge is 0.489 e. The van der Waals surface area contributed by atoms with Gasteiger partial charge in [0.1, 0.15) is 24.8 Å². The van der Waals surface area contributed by atoms with Crippen molar-refractivity contribution in [3.8, 4) is 5.75 Å². The van der Waals surface area contributed by atoms with Gasteiger partial charge in [0.2, 0.25) is 10.0 Å². The van der Waals surface area contributed by atoms with E-state index in [1.54, 1.807) is 0 Å². The van der Waals surface area contributed by atoms with Crippen LogP contribution in [0.3, 0.4) is 0 Å². The Kier molecular flexibility index (Phi) is 5.76. The van der Waals surface area contributed by atoms with E-state index in [-0.39, 0.29) is 18.1 Å². The highest BCUT2D eigenvalue weighted by Crippen LogP contribution is 2.22. The van der Waals surface area contributed by atoms with Crippen LogP contribution in [0.4, 0.5) is 4.39 Å². The molecule has 0 aliphatic carbocycles. The van der Waals surface area contributed by atoms with Gasteiger partial charge >= 0.3 is 5.97 Å². The smallest absolute Gasteiger partial charge is 0.341 e. The average molecular weight is 367 g/mol. The highest BCUT2D eigenvalue weighted by molar-refractivity contribution is 7.89. The number of carbonyl (C=O) groups excluding carboxylic acids is 1. The van der Waals surface area contributed by atoms with E-state index >= 15 is 0 Å². The van der Waals surface area contributed by atoms with Gasteiger partial charge in [-0.2, -0.15) is 0 Å². The Balaban J connectivity index is 1.99. The van der Waals surface area contributed by atoms with Crippen LogP contribution in [0.2, 0.25) is 0 Å². The van der Waals surface area contributed by atoms with Crippen LogP contribution in [0.1, 0.15) is 21.5 Å². The molecule has 0 aromatic heterocycles. The van der Waals surface area contributed by atoms with Crippen molar-refractivity contribution in [2.24, 2.45) is 5.14 Å². The molecule has 25 heavy (non-hydrogen) atoms. The third kappa shape index (κ3) is 4.77. The summed E-state index contributed by atoms with van der Waals surface area (Å²) in [5.41, 5.74) is 1.38. The lowest BCUT2D eigenvalue weighted by atomic mass is 10.1. The summed E-state index contributed by atoms with van der Waals surface area (Å²) >= 11 is 0. The first kappa shape index (κ1) is 18.9. The Hall–Kier alpha value is -2.45. The van der Waals surface area contributed by atoms with Crippen LogP contribution in [0.25, 0.3) is 0 Å². The van der Waals surface area contributed by atoms with Crippen LogP contribution in [0, 0.1) is 19.7 Å². The zero-order valence-corrected chi connectivity index (χ0v) is 14.6. The van der Waals surface area contributed by atoms with Crippen LogP contribution >= 0.6 is 0 Å². The summed E-state index contributed by atoms with van der Waals surface area (Å²) in [6, 6.07) is 8.36. The number of hydrogen-bond donors (Lipinski definition) is 1. The number of halogens is 1. The Morgan fingerprint density at radius 1 is 1.12 bits per heavy atom. The van der Waals surface area contributed by atoms with Gasteiger partial charge in [-0.25, -0.2) is 22.7 Å². The van der Waals surface area contributed by atoms with Crippen LogP contribution < -0.4 is 9.88 Å². The molecular weight excluding hydrogens is 349 g/mol. The van der Waals surface area contributed by atoms with E-state index < -0.39 is 27.4 Å². The molecule has 134 valence electrons. The molecule has 6 nitrogen and oxygen atoms in total. The molecule has 0 radical (unpaired) electrons. The summed E-state index contributed by atoms with van der Waals surface area (Å²) in [6.45, 7) is 3.74. The normalized spacial score (nSPS) is 11.2. The van der Waals surface area contributed by atoms with E-state index in [0.717, 1.165) is 29.3 Å². The van der Waals surface area contributed by atoms with Crippen molar-refractivity contribution in [1.82, 2.24) is 0 Å². The molecular formula is C17H18FNO5S. The van der Waals surface area contributed by atoms with Gasteiger partial charge < -0.3 is 9.47 Å². The van der Waals surface area contributed by atoms with Crippen molar-refractivity contribution >= 4 is 16.0 Å². The fourth-order valence-electron chi connectivity index (χ4n) is 2.22. The molecule has 0 saturated heterocycles. The second-order valence-electron chi connectivity index (χ2n) is 5.39. The molecule has 0 saturated carbocycles. The number of primary sulfonamides is 1. The van der Waals surface area contributed by atoms with Crippen molar-refractivity contribution in [3.05, 3.63) is 58.9 Å². The maximum Gasteiger partial charge on any atom is 0.341 e. The minimum atomic E-state index is -4.05. The Morgan fingerprint density at radius 3 is 2.36 bits per heavy atom. The van der Waals surface area contributed by atoms with E-state index in [1.165, 1.54) is 0 Å². The number of nitrogens with two attached hydrogens (primary N) is 1. The van der Waals surface area contributed by atoms with Crippen LogP contribution in [-0.4, -0.2) is 27.6 Å². The summed E-state index contributed by atoms with van der Waals surface area (Å²) in [6.07, 6.45) is 0. The van der Waals surface area contributed by atoms with Crippen LogP contribution in [0.5, 0.6) is 5.75 Å². The molecule has 0 spiro atoms. The number of sulfonamides is 1. The molecule has 0 atom stereocenters. The minimum Gasteiger partial charge on any atom is -0.489 e. The maximum atomic E-state index is 13.7. The topological polar surface area (TPSA) is 95.7 Å². The van der Waals surface area contributed by atoms with Gasteiger partial charge in [0, 0.05) is 0 Å². The third-order valence-electron chi connectivity index (χ3n) is 3.46. The minimum absolute atomic E-state index is 0.0773. The summed E-state index contributed by atoms with van der Waals surface area (Å²) in [4.78, 5) is 11.6. The number of ether oxygens (including phenoxy) is 2. The molecule has 0 aliphatic rings. The number of para-hydroxylation sites is 1. The van der Waals surface area contributed by atoms with Gasteiger partial charge in [0.25, 0.3) is 0 Å². The maximum absolute atomic E-state index is 13.7. The van der Waals surface area contributed by atoms with E-state index in [4.69, 9.17) is 14.6 Å². The van der Waals surface area contributed by atoms with Crippen molar-refractivity contribution in [2.45, 2.75) is 18.7 Å². The predicted octanol–water partition coefficient (Wildman–Crippen LogP) is 2.33. The SMILES string of the molecule is Cc1cccc(C)c1OCCOC(=O)c1cc(S(N)(=O)=O)ccc1F. The number of esters is 1. The highest BCUT2D eigenvalue weighted by atomic mass is 32.2. The quantitative estimate of drug-likeness (QED) is 0.624. The van der Waals surface area contributed by atoms with Crippen molar-refractivity contribution in [2.75, 3.05) is 13.2 Å². The molecule has 8 heteroatoms. The Labute approximate surface area is 145 Å². The fraction of sp³-hybridized carbons (Fsp3) is 0.235. The fourth-order valence-corrected chi connectivity index (χ4v) is 2.76. The molecule has 2 aromatic rings. The van der Waals surface area contributed by atoms with Crippen LogP contribution in [0.15, 0.2) is 41.3 Å². The van der Waals surface area contributed by atoms with Crippen LogP contribution in [-0.2, 0) is 14.8 Å². The molecule has 2 aromatic carbocycles. The summed E-state index contributed by atoms with van der Waals surface area (Å²) in [5.74, 6) is -1.19. The van der Waals surface area contributed by atoms with Gasteiger partial charge in [-0.15, -0.1) is 0 Å². The number of benzene rings is 2. The molecule has 0 aliphatic heterocycles. The van der Waals surface area contributed by atoms with Gasteiger partial charge in [0.15, 0.2) is 0 Å². The first-order valence-corrected chi connectivity index (χ1v) is 8.93. The Bertz CT molecular complexity index is 876. The average Bonchev–Trinajstić information content (AvgIpc) is 2.52. The summed E-state index contributed by atoms with van der Waals surface area (Å²) < 4.78 is 46.8. The van der Waals surface area contributed by atoms with Gasteiger partial charge in [-0.1, -0.05) is 18.2 Å².